The highest BCUT2D eigenvalue weighted by molar-refractivity contribution is 9.10. The van der Waals surface area contributed by atoms with Crippen LogP contribution in [-0.4, -0.2) is 4.57 Å². The number of hydrogen-bond donors (Lipinski definition) is 0. The maximum absolute atomic E-state index is 12.7. The minimum absolute atomic E-state index is 0.504. The van der Waals surface area contributed by atoms with Gasteiger partial charge >= 0.3 is 6.18 Å². The number of rotatable bonds is 1. The number of hydrogen-bond acceptors (Lipinski definition) is 0. The minimum Gasteiger partial charge on any atom is -0.317 e. The molecule has 0 spiro atoms. The van der Waals surface area contributed by atoms with Crippen LogP contribution in [0.5, 0.6) is 0 Å². The van der Waals surface area contributed by atoms with Crippen LogP contribution in [0.15, 0.2) is 34.8 Å². The van der Waals surface area contributed by atoms with Crippen LogP contribution in [0, 0.1) is 13.8 Å². The van der Waals surface area contributed by atoms with Crippen molar-refractivity contribution >= 4 is 15.9 Å². The molecule has 0 fully saturated rings. The van der Waals surface area contributed by atoms with Gasteiger partial charge in [0.1, 0.15) is 0 Å². The van der Waals surface area contributed by atoms with Crippen molar-refractivity contribution in [3.63, 3.8) is 0 Å². The lowest BCUT2D eigenvalue weighted by atomic mass is 10.2. The Morgan fingerprint density at radius 2 is 1.56 bits per heavy atom. The summed E-state index contributed by atoms with van der Waals surface area (Å²) >= 11 is 3.30. The third-order valence-electron chi connectivity index (χ3n) is 2.79. The van der Waals surface area contributed by atoms with Crippen molar-refractivity contribution in [3.8, 4) is 5.69 Å². The minimum atomic E-state index is -4.33. The van der Waals surface area contributed by atoms with Crippen LogP contribution in [0.3, 0.4) is 0 Å². The van der Waals surface area contributed by atoms with Gasteiger partial charge in [-0.1, -0.05) is 0 Å². The van der Waals surface area contributed by atoms with Gasteiger partial charge in [-0.3, -0.25) is 0 Å². The van der Waals surface area contributed by atoms with Gasteiger partial charge in [-0.05, 0) is 60.1 Å². The van der Waals surface area contributed by atoms with Crippen LogP contribution in [0.2, 0.25) is 0 Å². The zero-order chi connectivity index (χ0) is 13.5. The fraction of sp³-hybridized carbons (Fsp3) is 0.231. The molecule has 1 aromatic heterocycles. The first-order valence-electron chi connectivity index (χ1n) is 5.33. The molecule has 1 aromatic carbocycles. The summed E-state index contributed by atoms with van der Waals surface area (Å²) in [5, 5.41) is 0. The fourth-order valence-corrected chi connectivity index (χ4v) is 2.33. The monoisotopic (exact) mass is 317 g/mol. The predicted molar refractivity (Wildman–Crippen MR) is 67.9 cm³/mol. The summed E-state index contributed by atoms with van der Waals surface area (Å²) < 4.78 is 40.6. The maximum atomic E-state index is 12.7. The van der Waals surface area contributed by atoms with Gasteiger partial charge < -0.3 is 4.57 Å². The van der Waals surface area contributed by atoms with E-state index in [2.05, 4.69) is 15.9 Å². The van der Waals surface area contributed by atoms with E-state index in [1.165, 1.54) is 6.07 Å². The van der Waals surface area contributed by atoms with Gasteiger partial charge in [0.05, 0.1) is 11.3 Å². The van der Waals surface area contributed by atoms with Crippen LogP contribution in [0.4, 0.5) is 13.2 Å². The summed E-state index contributed by atoms with van der Waals surface area (Å²) in [6.07, 6.45) is -4.33. The summed E-state index contributed by atoms with van der Waals surface area (Å²) in [5.74, 6) is 0. The maximum Gasteiger partial charge on any atom is 0.416 e. The lowest BCUT2D eigenvalue weighted by Gasteiger charge is -2.14. The Balaban J connectivity index is 2.65. The second-order valence-corrected chi connectivity index (χ2v) is 4.97. The number of halogens is 4. The average Bonchev–Trinajstić information content (AvgIpc) is 2.58. The molecule has 2 rings (SSSR count). The molecule has 0 saturated heterocycles. The Labute approximate surface area is 111 Å². The Bertz CT molecular complexity index is 565. The van der Waals surface area contributed by atoms with E-state index in [-0.39, 0.29) is 0 Å². The quantitative estimate of drug-likeness (QED) is 0.706. The van der Waals surface area contributed by atoms with Crippen LogP contribution in [0.25, 0.3) is 5.69 Å². The van der Waals surface area contributed by atoms with Crippen LogP contribution < -0.4 is 0 Å². The van der Waals surface area contributed by atoms with Crippen LogP contribution in [0.1, 0.15) is 17.0 Å². The number of aromatic nitrogens is 1. The van der Waals surface area contributed by atoms with E-state index in [1.807, 2.05) is 26.0 Å². The van der Waals surface area contributed by atoms with E-state index in [1.54, 1.807) is 4.57 Å². The summed E-state index contributed by atoms with van der Waals surface area (Å²) in [7, 11) is 0. The Morgan fingerprint density at radius 3 is 2.06 bits per heavy atom. The smallest absolute Gasteiger partial charge is 0.317 e. The molecule has 0 amide bonds. The summed E-state index contributed by atoms with van der Waals surface area (Å²) in [4.78, 5) is 0. The number of alkyl halides is 3. The topological polar surface area (TPSA) is 4.93 Å². The summed E-state index contributed by atoms with van der Waals surface area (Å²) in [5.41, 5.74) is 1.65. The van der Waals surface area contributed by atoms with E-state index in [9.17, 15) is 13.2 Å². The summed E-state index contributed by atoms with van der Waals surface area (Å²) in [6, 6.07) is 7.41. The van der Waals surface area contributed by atoms with Crippen LogP contribution >= 0.6 is 15.9 Å². The van der Waals surface area contributed by atoms with Gasteiger partial charge in [0.25, 0.3) is 0 Å². The molecular formula is C13H11BrF3N. The van der Waals surface area contributed by atoms with Crippen LogP contribution in [-0.2, 0) is 6.18 Å². The van der Waals surface area contributed by atoms with E-state index < -0.39 is 11.7 Å². The lowest BCUT2D eigenvalue weighted by Crippen LogP contribution is -2.07. The molecular weight excluding hydrogens is 307 g/mol. The molecule has 2 aromatic rings. The van der Waals surface area contributed by atoms with Gasteiger partial charge in [0.2, 0.25) is 0 Å². The lowest BCUT2D eigenvalue weighted by molar-refractivity contribution is -0.137. The second-order valence-electron chi connectivity index (χ2n) is 4.12. The van der Waals surface area contributed by atoms with Crippen molar-refractivity contribution in [2.45, 2.75) is 20.0 Å². The fourth-order valence-electron chi connectivity index (χ4n) is 1.91. The standard InChI is InChI=1S/C13H11BrF3N/c1-8-3-4-9(2)18(8)12-7-10(13(15,16)17)5-6-11(12)14/h3-7H,1-2H3. The van der Waals surface area contributed by atoms with Crippen molar-refractivity contribution in [1.29, 1.82) is 0 Å². The molecule has 0 aliphatic heterocycles. The molecule has 0 unspecified atom stereocenters. The molecule has 1 nitrogen and oxygen atoms in total. The van der Waals surface area contributed by atoms with E-state index in [0.29, 0.717) is 10.2 Å². The van der Waals surface area contributed by atoms with Crippen molar-refractivity contribution in [3.05, 3.63) is 51.8 Å². The molecule has 0 saturated carbocycles. The van der Waals surface area contributed by atoms with Crippen molar-refractivity contribution in [1.82, 2.24) is 4.57 Å². The molecule has 1 heterocycles. The molecule has 0 radical (unpaired) electrons. The number of benzene rings is 1. The predicted octanol–water partition coefficient (Wildman–Crippen LogP) is 4.88. The summed E-state index contributed by atoms with van der Waals surface area (Å²) in [6.45, 7) is 3.72. The van der Waals surface area contributed by atoms with Gasteiger partial charge in [-0.25, -0.2) is 0 Å². The molecule has 0 atom stereocenters. The van der Waals surface area contributed by atoms with Gasteiger partial charge in [0, 0.05) is 15.9 Å². The van der Waals surface area contributed by atoms with E-state index in [0.717, 1.165) is 23.5 Å². The van der Waals surface area contributed by atoms with Gasteiger partial charge in [0.15, 0.2) is 0 Å². The molecule has 0 aliphatic carbocycles. The van der Waals surface area contributed by atoms with Gasteiger partial charge in [-0.15, -0.1) is 0 Å². The number of nitrogens with zero attached hydrogens (tertiary/aromatic N) is 1. The highest BCUT2D eigenvalue weighted by atomic mass is 79.9. The third-order valence-corrected chi connectivity index (χ3v) is 3.46. The zero-order valence-corrected chi connectivity index (χ0v) is 11.4. The first-order valence-corrected chi connectivity index (χ1v) is 6.12. The van der Waals surface area contributed by atoms with Gasteiger partial charge in [-0.2, -0.15) is 13.2 Å². The Kier molecular flexibility index (Phi) is 3.27. The molecule has 0 N–H and O–H groups in total. The number of aryl methyl sites for hydroxylation is 2. The van der Waals surface area contributed by atoms with Crippen molar-refractivity contribution < 1.29 is 13.2 Å². The first kappa shape index (κ1) is 13.2. The average molecular weight is 318 g/mol. The molecule has 0 aliphatic rings. The van der Waals surface area contributed by atoms with E-state index >= 15 is 0 Å². The first-order chi connectivity index (χ1) is 8.30. The largest absolute Gasteiger partial charge is 0.416 e. The Morgan fingerprint density at radius 1 is 1.00 bits per heavy atom. The molecule has 18 heavy (non-hydrogen) atoms. The van der Waals surface area contributed by atoms with Crippen molar-refractivity contribution in [2.24, 2.45) is 0 Å². The highest BCUT2D eigenvalue weighted by Gasteiger charge is 2.31. The highest BCUT2D eigenvalue weighted by Crippen LogP contribution is 2.34. The SMILES string of the molecule is Cc1ccc(C)n1-c1cc(C(F)(F)F)ccc1Br. The Hall–Kier alpha value is -1.23. The molecule has 0 bridgehead atoms. The van der Waals surface area contributed by atoms with E-state index in [4.69, 9.17) is 0 Å². The van der Waals surface area contributed by atoms with Crippen molar-refractivity contribution in [2.75, 3.05) is 0 Å². The third kappa shape index (κ3) is 2.32. The second kappa shape index (κ2) is 4.46. The molecule has 5 heteroatoms. The zero-order valence-electron chi connectivity index (χ0n) is 9.85. The normalized spacial score (nSPS) is 11.9. The molecule has 96 valence electrons.